The molecule has 0 bridgehead atoms. The van der Waals surface area contributed by atoms with Gasteiger partial charge in [-0.15, -0.1) is 0 Å². The summed E-state index contributed by atoms with van der Waals surface area (Å²) in [6.07, 6.45) is -9.53. The largest absolute Gasteiger partial charge is 0.394 e. The van der Waals surface area contributed by atoms with Crippen molar-refractivity contribution in [1.29, 1.82) is 1.43 Å². The molecule has 0 aliphatic carbocycles. The number of unbranched alkanes of at least 4 members (excludes halogenated alkanes) is 10. The van der Waals surface area contributed by atoms with Crippen LogP contribution < -0.4 is 42.5 Å². The maximum Gasteiger partial charge on any atom is 0.251 e. The highest BCUT2D eigenvalue weighted by atomic mass is 16.7. The van der Waals surface area contributed by atoms with Gasteiger partial charge in [0.25, 0.3) is 5.91 Å². The van der Waals surface area contributed by atoms with E-state index >= 15 is 0 Å². The molecule has 3 saturated heterocycles. The van der Waals surface area contributed by atoms with Crippen LogP contribution in [0.1, 0.15) is 136 Å². The molecule has 0 spiro atoms. The fraction of sp³-hybridized carbons (Fsp3) is 0.857. The van der Waals surface area contributed by atoms with E-state index in [1.165, 1.54) is 20.8 Å². The lowest BCUT2D eigenvalue weighted by Gasteiger charge is -2.42. The molecule has 18 atom stereocenters. The number of amides is 8. The van der Waals surface area contributed by atoms with Crippen LogP contribution in [0.5, 0.6) is 0 Å². The highest BCUT2D eigenvalue weighted by molar-refractivity contribution is 5.91. The first-order valence-electron chi connectivity index (χ1n) is 31.0. The monoisotopic (exact) mass is 1270 g/mol. The molecule has 0 saturated carbocycles. The number of ether oxygens (including phenoxy) is 5. The number of carbonyl (C=O) groups excluding carboxylic acids is 8. The van der Waals surface area contributed by atoms with Gasteiger partial charge < -0.3 is 122 Å². The molecular weight excluding hydrogens is 1170 g/mol. The maximum atomic E-state index is 13.7. The van der Waals surface area contributed by atoms with Crippen LogP contribution in [0, 0.1) is 0 Å². The number of hydrogen-bond acceptors (Lipinski definition) is 24. The second-order valence-electron chi connectivity index (χ2n) is 22.5. The first-order chi connectivity index (χ1) is 42.5. The van der Waals surface area contributed by atoms with E-state index in [4.69, 9.17) is 25.1 Å². The van der Waals surface area contributed by atoms with Gasteiger partial charge >= 0.3 is 0 Å². The molecular formula is C56H100N8O24. The Labute approximate surface area is 513 Å². The maximum absolute atomic E-state index is 13.7. The van der Waals surface area contributed by atoms with Crippen molar-refractivity contribution in [3.8, 4) is 0 Å². The smallest absolute Gasteiger partial charge is 0.251 e. The SMILES string of the molecule is [2H]OCC(O)C(=O)NC(CCC(=O)NC(CCC(=O)NCCCCCCOC1OC(CO)C(O)C(O)C1NC(C)=O)C(=O)NCCCCCCCC1OC(CO)C(O)C(O)C1NC(C)=O)C(=O)NCCCCCCOC1OC(CO)C(O)C(O)C1NC(C)=O. The number of aliphatic hydroxyl groups excluding tert-OH is 11. The fourth-order valence-electron chi connectivity index (χ4n) is 10.3. The van der Waals surface area contributed by atoms with Crippen LogP contribution in [-0.4, -0.2) is 274 Å². The molecule has 0 aromatic rings. The summed E-state index contributed by atoms with van der Waals surface area (Å²) in [5.74, 6) is -4.88. The molecule has 0 radical (unpaired) electrons. The van der Waals surface area contributed by atoms with Gasteiger partial charge in [0.1, 0.15) is 79.1 Å². The third-order valence-corrected chi connectivity index (χ3v) is 15.3. The van der Waals surface area contributed by atoms with E-state index in [-0.39, 0.29) is 52.1 Å². The zero-order valence-electron chi connectivity index (χ0n) is 51.7. The summed E-state index contributed by atoms with van der Waals surface area (Å²) in [4.78, 5) is 102. The normalized spacial score (nSPS) is 28.2. The molecule has 3 heterocycles. The van der Waals surface area contributed by atoms with Crippen LogP contribution >= 0.6 is 0 Å². The Morgan fingerprint density at radius 3 is 1.30 bits per heavy atom. The number of rotatable bonds is 43. The Bertz CT molecular complexity index is 2130. The minimum absolute atomic E-state index is 0.114. The van der Waals surface area contributed by atoms with Crippen molar-refractivity contribution < 1.29 is 118 Å². The first kappa shape index (κ1) is 75.6. The number of aliphatic hydroxyl groups is 11. The number of carbonyl (C=O) groups is 8. The quantitative estimate of drug-likeness (QED) is 0.0253. The molecule has 18 unspecified atom stereocenters. The molecule has 19 N–H and O–H groups in total. The van der Waals surface area contributed by atoms with Crippen LogP contribution in [-0.2, 0) is 62.0 Å². The van der Waals surface area contributed by atoms with Crippen molar-refractivity contribution in [3.05, 3.63) is 0 Å². The third-order valence-electron chi connectivity index (χ3n) is 15.3. The number of nitrogens with one attached hydrogen (secondary N) is 8. The zero-order valence-corrected chi connectivity index (χ0v) is 50.7. The van der Waals surface area contributed by atoms with Crippen molar-refractivity contribution in [3.63, 3.8) is 0 Å². The first-order valence-corrected chi connectivity index (χ1v) is 30.6. The molecule has 0 aromatic heterocycles. The van der Waals surface area contributed by atoms with Gasteiger partial charge in [-0.3, -0.25) is 38.4 Å². The summed E-state index contributed by atoms with van der Waals surface area (Å²) >= 11 is 0. The second kappa shape index (κ2) is 42.2. The topological polar surface area (TPSA) is 501 Å². The lowest BCUT2D eigenvalue weighted by molar-refractivity contribution is -0.270. The van der Waals surface area contributed by atoms with Crippen molar-refractivity contribution in [1.82, 2.24) is 42.5 Å². The Kier molecular flexibility index (Phi) is 36.3. The minimum atomic E-state index is -1.83. The van der Waals surface area contributed by atoms with Gasteiger partial charge in [-0.25, -0.2) is 0 Å². The van der Waals surface area contributed by atoms with E-state index in [0.717, 1.165) is 6.42 Å². The lowest BCUT2D eigenvalue weighted by Crippen LogP contribution is -2.64. The third kappa shape index (κ3) is 27.3. The molecule has 508 valence electrons. The predicted octanol–water partition coefficient (Wildman–Crippen LogP) is -6.41. The lowest BCUT2D eigenvalue weighted by atomic mass is 9.90. The minimum Gasteiger partial charge on any atom is -0.394 e. The zero-order chi connectivity index (χ0) is 66.0. The van der Waals surface area contributed by atoms with Crippen LogP contribution in [0.25, 0.3) is 0 Å². The fourth-order valence-corrected chi connectivity index (χ4v) is 10.3. The summed E-state index contributed by atoms with van der Waals surface area (Å²) in [6, 6.07) is -5.64. The Hall–Kier alpha value is -4.88. The van der Waals surface area contributed by atoms with Gasteiger partial charge in [0.15, 0.2) is 18.7 Å². The van der Waals surface area contributed by atoms with Crippen molar-refractivity contribution in [2.24, 2.45) is 0 Å². The van der Waals surface area contributed by atoms with Crippen LogP contribution in [0.4, 0.5) is 0 Å². The van der Waals surface area contributed by atoms with Gasteiger partial charge in [-0.2, -0.15) is 0 Å². The van der Waals surface area contributed by atoms with Gasteiger partial charge in [0.05, 0.1) is 38.6 Å². The predicted molar refractivity (Wildman–Crippen MR) is 307 cm³/mol. The molecule has 3 aliphatic rings. The molecule has 32 heteroatoms. The van der Waals surface area contributed by atoms with E-state index in [2.05, 4.69) is 47.6 Å². The highest BCUT2D eigenvalue weighted by Crippen LogP contribution is 2.27. The van der Waals surface area contributed by atoms with Crippen LogP contribution in [0.15, 0.2) is 0 Å². The summed E-state index contributed by atoms with van der Waals surface area (Å²) in [6.45, 7) is 2.17. The number of hydrogen-bond donors (Lipinski definition) is 19. The highest BCUT2D eigenvalue weighted by Gasteiger charge is 2.47. The van der Waals surface area contributed by atoms with E-state index in [1.807, 2.05) is 0 Å². The molecule has 0 aromatic carbocycles. The molecule has 32 nitrogen and oxygen atoms in total. The average Bonchev–Trinajstić information content (AvgIpc) is 3.07. The van der Waals surface area contributed by atoms with Crippen LogP contribution in [0.2, 0.25) is 0 Å². The van der Waals surface area contributed by atoms with Gasteiger partial charge in [-0.1, -0.05) is 51.4 Å². The summed E-state index contributed by atoms with van der Waals surface area (Å²) in [5.41, 5.74) is 0. The van der Waals surface area contributed by atoms with Crippen LogP contribution in [0.3, 0.4) is 0 Å². The van der Waals surface area contributed by atoms with Gasteiger partial charge in [0, 0.05) is 66.5 Å². The van der Waals surface area contributed by atoms with Crippen molar-refractivity contribution in [2.45, 2.75) is 246 Å². The average molecular weight is 1270 g/mol. The van der Waals surface area contributed by atoms with E-state index in [9.17, 15) is 89.4 Å². The van der Waals surface area contributed by atoms with Crippen molar-refractivity contribution >= 4 is 47.3 Å². The molecule has 3 rings (SSSR count). The van der Waals surface area contributed by atoms with Gasteiger partial charge in [-0.05, 0) is 51.4 Å². The Morgan fingerprint density at radius 1 is 0.455 bits per heavy atom. The van der Waals surface area contributed by atoms with Gasteiger partial charge in [0.2, 0.25) is 42.8 Å². The standard InChI is InChI=1S/C56H100N8O24/c1-31(69)60-43-37(86-38(28-66)46(75)49(43)78)17-11-5-4-6-13-23-58-52(81)34(18-20-41(73)57-22-12-7-9-15-25-84-55-44(61-32(2)70)50(79)47(76)39(29-67)87-55)63-42(74)21-19-35(64-54(83)36(72)27-65)53(82)59-24-14-8-10-16-26-85-56-45(62-33(3)71)51(80)48(77)40(30-68)88-56/h34-40,43-51,55-56,65-68,72,75-80H,4-30H2,1-3H3,(H,57,73)(H,58,81)(H,59,82)(H,60,69)(H,61,70)(H,62,71)(H,63,74)(H,64,83)/i65D. The van der Waals surface area contributed by atoms with E-state index < -0.39 is 190 Å². The second-order valence-corrected chi connectivity index (χ2v) is 22.5. The Balaban J connectivity index is 1.55. The van der Waals surface area contributed by atoms with E-state index in [0.29, 0.717) is 83.5 Å². The molecule has 8 amide bonds. The molecule has 3 aliphatic heterocycles. The molecule has 88 heavy (non-hydrogen) atoms. The van der Waals surface area contributed by atoms with E-state index in [1.54, 1.807) is 0 Å². The van der Waals surface area contributed by atoms with Crippen molar-refractivity contribution in [2.75, 3.05) is 59.3 Å². The summed E-state index contributed by atoms with van der Waals surface area (Å²) in [5, 5.41) is 126. The molecule has 3 fully saturated rings. The Morgan fingerprint density at radius 2 is 0.841 bits per heavy atom. The summed E-state index contributed by atoms with van der Waals surface area (Å²) in [7, 11) is 0. The summed E-state index contributed by atoms with van der Waals surface area (Å²) < 4.78 is 35.4.